The number of halogens is 2. The summed E-state index contributed by atoms with van der Waals surface area (Å²) in [5.41, 5.74) is 4.11. The van der Waals surface area contributed by atoms with Crippen molar-refractivity contribution < 1.29 is 19.0 Å². The molecule has 0 aromatic heterocycles. The van der Waals surface area contributed by atoms with E-state index in [1.54, 1.807) is 36.4 Å². The Morgan fingerprint density at radius 1 is 0.975 bits per heavy atom. The molecule has 0 aliphatic heterocycles. The molecule has 8 heteroatoms. The quantitative estimate of drug-likeness (QED) is 0.144. The largest absolute Gasteiger partial charge is 0.493 e. The smallest absolute Gasteiger partial charge is 0.266 e. The van der Waals surface area contributed by atoms with Crippen LogP contribution in [0, 0.1) is 18.3 Å². The number of anilines is 1. The third-order valence-corrected chi connectivity index (χ3v) is 6.63. The van der Waals surface area contributed by atoms with E-state index < -0.39 is 5.91 Å². The summed E-state index contributed by atoms with van der Waals surface area (Å²) >= 11 is 9.92. The Bertz CT molecular complexity index is 1560. The Kier molecular flexibility index (Phi) is 9.85. The van der Waals surface area contributed by atoms with E-state index in [0.29, 0.717) is 46.7 Å². The number of nitrogens with one attached hydrogen (secondary N) is 1. The standard InChI is InChI=1S/C32H26BrClN2O4/c1-21-4-3-5-23(14-21)20-40-31-29(34)16-24(17-30(31)38-2)15-25(18-35)32(37)36-27-10-12-28(13-11-27)39-19-22-6-8-26(33)9-7-22/h3-17H,19-20H2,1-2H3,(H,36,37)/b25-15+. The zero-order valence-corrected chi connectivity index (χ0v) is 24.3. The van der Waals surface area contributed by atoms with Crippen LogP contribution >= 0.6 is 27.5 Å². The molecular formula is C32H26BrClN2O4. The minimum absolute atomic E-state index is 0.0953. The van der Waals surface area contributed by atoms with Crippen molar-refractivity contribution in [2.24, 2.45) is 0 Å². The zero-order valence-electron chi connectivity index (χ0n) is 21.9. The highest BCUT2D eigenvalue weighted by Gasteiger charge is 2.15. The number of benzene rings is 4. The molecule has 0 unspecified atom stereocenters. The highest BCUT2D eigenvalue weighted by Crippen LogP contribution is 2.37. The van der Waals surface area contributed by atoms with Crippen molar-refractivity contribution >= 4 is 45.2 Å². The maximum absolute atomic E-state index is 12.8. The fourth-order valence-electron chi connectivity index (χ4n) is 3.82. The average molecular weight is 618 g/mol. The predicted molar refractivity (Wildman–Crippen MR) is 161 cm³/mol. The summed E-state index contributed by atoms with van der Waals surface area (Å²) in [6, 6.07) is 28.0. The molecule has 0 fully saturated rings. The van der Waals surface area contributed by atoms with Gasteiger partial charge in [-0.2, -0.15) is 5.26 Å². The molecule has 40 heavy (non-hydrogen) atoms. The summed E-state index contributed by atoms with van der Waals surface area (Å²) in [7, 11) is 1.50. The monoisotopic (exact) mass is 616 g/mol. The Hall–Kier alpha value is -4.25. The number of amides is 1. The van der Waals surface area contributed by atoms with Gasteiger partial charge in [0.25, 0.3) is 5.91 Å². The molecule has 0 atom stereocenters. The third kappa shape index (κ3) is 7.89. The first-order chi connectivity index (χ1) is 19.3. The molecule has 4 rings (SSSR count). The number of aryl methyl sites for hydroxylation is 1. The lowest BCUT2D eigenvalue weighted by Gasteiger charge is -2.14. The number of nitrogens with zero attached hydrogens (tertiary/aromatic N) is 1. The van der Waals surface area contributed by atoms with E-state index in [4.69, 9.17) is 25.8 Å². The summed E-state index contributed by atoms with van der Waals surface area (Å²) in [6.07, 6.45) is 1.45. The number of hydrogen-bond acceptors (Lipinski definition) is 5. The van der Waals surface area contributed by atoms with E-state index >= 15 is 0 Å². The maximum Gasteiger partial charge on any atom is 0.266 e. The molecular weight excluding hydrogens is 592 g/mol. The van der Waals surface area contributed by atoms with Crippen molar-refractivity contribution in [3.05, 3.63) is 122 Å². The van der Waals surface area contributed by atoms with Crippen LogP contribution in [0.1, 0.15) is 22.3 Å². The number of methoxy groups -OCH3 is 1. The second-order valence-electron chi connectivity index (χ2n) is 8.88. The molecule has 0 saturated heterocycles. The number of carbonyl (C=O) groups is 1. The molecule has 0 bridgehead atoms. The Balaban J connectivity index is 1.41. The summed E-state index contributed by atoms with van der Waals surface area (Å²) in [6.45, 7) is 2.74. The van der Waals surface area contributed by atoms with E-state index in [9.17, 15) is 10.1 Å². The van der Waals surface area contributed by atoms with E-state index in [1.165, 1.54) is 13.2 Å². The first-order valence-electron chi connectivity index (χ1n) is 12.3. The molecule has 6 nitrogen and oxygen atoms in total. The van der Waals surface area contributed by atoms with Crippen molar-refractivity contribution in [1.82, 2.24) is 0 Å². The van der Waals surface area contributed by atoms with Gasteiger partial charge in [0.05, 0.1) is 12.1 Å². The first-order valence-corrected chi connectivity index (χ1v) is 13.5. The second kappa shape index (κ2) is 13.7. The van der Waals surface area contributed by atoms with Gasteiger partial charge >= 0.3 is 0 Å². The summed E-state index contributed by atoms with van der Waals surface area (Å²) in [5.74, 6) is 0.875. The van der Waals surface area contributed by atoms with Gasteiger partial charge in [-0.3, -0.25) is 4.79 Å². The first kappa shape index (κ1) is 28.8. The molecule has 4 aromatic carbocycles. The van der Waals surface area contributed by atoms with Crippen LogP contribution in [0.25, 0.3) is 6.08 Å². The Labute approximate surface area is 246 Å². The lowest BCUT2D eigenvalue weighted by atomic mass is 10.1. The molecule has 4 aromatic rings. The SMILES string of the molecule is COc1cc(/C=C(\C#N)C(=O)Nc2ccc(OCc3ccc(Br)cc3)cc2)cc(Cl)c1OCc1cccc(C)c1. The van der Waals surface area contributed by atoms with E-state index in [1.807, 2.05) is 61.5 Å². The topological polar surface area (TPSA) is 80.6 Å². The number of nitriles is 1. The van der Waals surface area contributed by atoms with Crippen LogP contribution in [0.5, 0.6) is 17.2 Å². The van der Waals surface area contributed by atoms with Gasteiger partial charge in [-0.15, -0.1) is 0 Å². The normalized spacial score (nSPS) is 10.9. The molecule has 1 amide bonds. The molecule has 0 aliphatic rings. The van der Waals surface area contributed by atoms with Gasteiger partial charge in [-0.05, 0) is 78.2 Å². The average Bonchev–Trinajstić information content (AvgIpc) is 2.95. The van der Waals surface area contributed by atoms with Gasteiger partial charge < -0.3 is 19.5 Å². The minimum Gasteiger partial charge on any atom is -0.493 e. The fourth-order valence-corrected chi connectivity index (χ4v) is 4.35. The lowest BCUT2D eigenvalue weighted by molar-refractivity contribution is -0.112. The van der Waals surface area contributed by atoms with E-state index in [-0.39, 0.29) is 5.57 Å². The molecule has 0 spiro atoms. The fraction of sp³-hybridized carbons (Fsp3) is 0.125. The molecule has 202 valence electrons. The Morgan fingerprint density at radius 2 is 1.70 bits per heavy atom. The zero-order chi connectivity index (χ0) is 28.5. The maximum atomic E-state index is 12.8. The molecule has 1 N–H and O–H groups in total. The van der Waals surface area contributed by atoms with Gasteiger partial charge in [0.1, 0.15) is 30.6 Å². The van der Waals surface area contributed by atoms with Crippen LogP contribution in [0.2, 0.25) is 5.02 Å². The van der Waals surface area contributed by atoms with E-state index in [0.717, 1.165) is 21.2 Å². The van der Waals surface area contributed by atoms with Crippen molar-refractivity contribution in [3.8, 4) is 23.3 Å². The number of hydrogen-bond donors (Lipinski definition) is 1. The molecule has 0 heterocycles. The van der Waals surface area contributed by atoms with Crippen LogP contribution < -0.4 is 19.5 Å². The molecule has 0 aliphatic carbocycles. The van der Waals surface area contributed by atoms with Crippen LogP contribution in [0.3, 0.4) is 0 Å². The highest BCUT2D eigenvalue weighted by atomic mass is 79.9. The van der Waals surface area contributed by atoms with Crippen LogP contribution in [0.15, 0.2) is 95.0 Å². The summed E-state index contributed by atoms with van der Waals surface area (Å²) < 4.78 is 18.2. The number of ether oxygens (including phenoxy) is 3. The van der Waals surface area contributed by atoms with Crippen molar-refractivity contribution in [2.45, 2.75) is 20.1 Å². The third-order valence-electron chi connectivity index (χ3n) is 5.82. The summed E-state index contributed by atoms with van der Waals surface area (Å²) in [5, 5.41) is 12.7. The van der Waals surface area contributed by atoms with Gasteiger partial charge in [0.15, 0.2) is 11.5 Å². The Morgan fingerprint density at radius 3 is 2.38 bits per heavy atom. The minimum atomic E-state index is -0.555. The van der Waals surface area contributed by atoms with Crippen LogP contribution in [0.4, 0.5) is 5.69 Å². The molecule has 0 saturated carbocycles. The second-order valence-corrected chi connectivity index (χ2v) is 10.2. The van der Waals surface area contributed by atoms with Crippen molar-refractivity contribution in [2.75, 3.05) is 12.4 Å². The van der Waals surface area contributed by atoms with Crippen LogP contribution in [-0.2, 0) is 18.0 Å². The lowest BCUT2D eigenvalue weighted by Crippen LogP contribution is -2.13. The van der Waals surface area contributed by atoms with Crippen LogP contribution in [-0.4, -0.2) is 13.0 Å². The van der Waals surface area contributed by atoms with Crippen molar-refractivity contribution in [3.63, 3.8) is 0 Å². The molecule has 0 radical (unpaired) electrons. The van der Waals surface area contributed by atoms with Gasteiger partial charge in [0.2, 0.25) is 0 Å². The van der Waals surface area contributed by atoms with Gasteiger partial charge in [-0.1, -0.05) is 69.5 Å². The number of rotatable bonds is 10. The predicted octanol–water partition coefficient (Wildman–Crippen LogP) is 8.12. The van der Waals surface area contributed by atoms with Gasteiger partial charge in [0, 0.05) is 10.2 Å². The van der Waals surface area contributed by atoms with Gasteiger partial charge in [-0.25, -0.2) is 0 Å². The van der Waals surface area contributed by atoms with E-state index in [2.05, 4.69) is 21.2 Å². The van der Waals surface area contributed by atoms with Crippen molar-refractivity contribution in [1.29, 1.82) is 5.26 Å². The number of carbonyl (C=O) groups excluding carboxylic acids is 1. The highest BCUT2D eigenvalue weighted by molar-refractivity contribution is 9.10. The summed E-state index contributed by atoms with van der Waals surface area (Å²) in [4.78, 5) is 12.8.